The molecule has 23 heavy (non-hydrogen) atoms. The third kappa shape index (κ3) is 36.5. The Morgan fingerprint density at radius 2 is 1.00 bits per heavy atom. The molecular formula is C6H14Na4O11SZn. The number of rotatable bonds is 5. The molecule has 11 nitrogen and oxygen atoms in total. The van der Waals surface area contributed by atoms with E-state index in [4.69, 9.17) is 37.9 Å². The molecule has 0 spiro atoms. The monoisotopic (exact) mass is 450 g/mol. The van der Waals surface area contributed by atoms with Crippen LogP contribution in [0.3, 0.4) is 0 Å². The molecule has 0 bridgehead atoms. The largest absolute Gasteiger partial charge is 1.00 e. The zero-order chi connectivity index (χ0) is 15.1. The molecule has 0 atom stereocenters. The Kier molecular flexibility index (Phi) is 41.4. The number of carboxylic acid groups (broad SMARTS) is 3. The summed E-state index contributed by atoms with van der Waals surface area (Å²) in [6, 6.07) is 0. The number of carboxylic acids is 3. The van der Waals surface area contributed by atoms with Crippen LogP contribution < -0.4 is 118 Å². The maximum absolute atomic E-state index is 10.3. The normalized spacial score (nSPS) is 8.65. The minimum absolute atomic E-state index is 0. The molecule has 116 valence electrons. The molecule has 0 aromatic rings. The summed E-state index contributed by atoms with van der Waals surface area (Å²) in [5, 5.41) is 33.8. The molecule has 0 aromatic carbocycles. The van der Waals surface area contributed by atoms with Crippen molar-refractivity contribution in [3.8, 4) is 0 Å². The third-order valence-electron chi connectivity index (χ3n) is 1.29. The minimum atomic E-state index is -4.67. The van der Waals surface area contributed by atoms with Gasteiger partial charge in [0.2, 0.25) is 0 Å². The van der Waals surface area contributed by atoms with Crippen molar-refractivity contribution in [3.05, 3.63) is 0 Å². The van der Waals surface area contributed by atoms with E-state index >= 15 is 0 Å². The smallest absolute Gasteiger partial charge is 1.00 e. The van der Waals surface area contributed by atoms with Crippen molar-refractivity contribution in [1.29, 1.82) is 0 Å². The molecular weight excluding hydrogens is 437 g/mol. The predicted molar refractivity (Wildman–Crippen MR) is 55.7 cm³/mol. The van der Waals surface area contributed by atoms with Gasteiger partial charge in [-0.25, -0.2) is 4.79 Å². The van der Waals surface area contributed by atoms with Crippen molar-refractivity contribution in [2.45, 2.75) is 18.4 Å². The van der Waals surface area contributed by atoms with Gasteiger partial charge in [0.15, 0.2) is 5.60 Å². The van der Waals surface area contributed by atoms with Gasteiger partial charge in [-0.1, -0.05) is 0 Å². The van der Waals surface area contributed by atoms with Gasteiger partial charge in [0.25, 0.3) is 0 Å². The standard InChI is InChI=1S/C6H8O7.4Na.H2O4S.Zn.4H/c7-3(8)1-6(13,5(11)12)2-4(9)10;;;;;1-5(2,3)4;;;;;/h13H,1-2H2,(H,7,8)(H,9,10)(H,11,12);;;;;(H2,1,2,3,4);;;;;/q;4*+1;;;4*-1. The van der Waals surface area contributed by atoms with E-state index in [0.29, 0.717) is 0 Å². The average molecular weight is 452 g/mol. The number of carbonyl (C=O) groups is 3. The fourth-order valence-corrected chi connectivity index (χ4v) is 0.714. The van der Waals surface area contributed by atoms with Crippen molar-refractivity contribution in [2.24, 2.45) is 0 Å². The van der Waals surface area contributed by atoms with Gasteiger partial charge in [-0.15, -0.1) is 0 Å². The van der Waals surface area contributed by atoms with Crippen LogP contribution in [0.5, 0.6) is 0 Å². The first-order valence-electron chi connectivity index (χ1n) is 3.87. The van der Waals surface area contributed by atoms with E-state index in [1.54, 1.807) is 0 Å². The van der Waals surface area contributed by atoms with Gasteiger partial charge in [-0.2, -0.15) is 8.42 Å². The van der Waals surface area contributed by atoms with Gasteiger partial charge < -0.3 is 26.1 Å². The molecule has 0 radical (unpaired) electrons. The minimum Gasteiger partial charge on any atom is -1.00 e. The molecule has 0 aliphatic carbocycles. The SMILES string of the molecule is O=C(O)CC(O)(CC(=O)O)C(=O)O.O=S(=O)(O)O.[H-].[H-].[H-].[H-].[Na+].[Na+].[Na+].[Na+].[Zn]. The fraction of sp³-hybridized carbons (Fsp3) is 0.500. The third-order valence-corrected chi connectivity index (χ3v) is 1.29. The molecule has 0 unspecified atom stereocenters. The maximum atomic E-state index is 10.3. The van der Waals surface area contributed by atoms with Gasteiger partial charge in [0, 0.05) is 19.5 Å². The molecule has 0 heterocycles. The first-order valence-corrected chi connectivity index (χ1v) is 5.27. The van der Waals surface area contributed by atoms with Gasteiger partial charge in [-0.05, 0) is 0 Å². The van der Waals surface area contributed by atoms with Gasteiger partial charge >= 0.3 is 147 Å². The summed E-state index contributed by atoms with van der Waals surface area (Å²) >= 11 is 0. The molecule has 17 heteroatoms. The van der Waals surface area contributed by atoms with Crippen LogP contribution in [0.2, 0.25) is 0 Å². The van der Waals surface area contributed by atoms with Crippen LogP contribution in [-0.2, 0) is 44.3 Å². The van der Waals surface area contributed by atoms with Crippen LogP contribution in [0.4, 0.5) is 0 Å². The van der Waals surface area contributed by atoms with E-state index in [1.165, 1.54) is 0 Å². The Hall–Kier alpha value is 2.86. The van der Waals surface area contributed by atoms with Crippen LogP contribution in [0.1, 0.15) is 18.5 Å². The molecule has 0 saturated carbocycles. The maximum Gasteiger partial charge on any atom is 1.00 e. The number of aliphatic hydroxyl groups is 1. The molecule has 0 aliphatic rings. The first kappa shape index (κ1) is 44.9. The summed E-state index contributed by atoms with van der Waals surface area (Å²) < 4.78 is 31.6. The van der Waals surface area contributed by atoms with Crippen LogP contribution in [0.25, 0.3) is 0 Å². The fourth-order valence-electron chi connectivity index (χ4n) is 0.714. The Morgan fingerprint density at radius 1 is 0.826 bits per heavy atom. The van der Waals surface area contributed by atoms with Crippen molar-refractivity contribution >= 4 is 28.3 Å². The van der Waals surface area contributed by atoms with Crippen LogP contribution in [0, 0.1) is 0 Å². The van der Waals surface area contributed by atoms with E-state index in [9.17, 15) is 14.4 Å². The molecule has 0 aromatic heterocycles. The number of hydrogen-bond donors (Lipinski definition) is 6. The summed E-state index contributed by atoms with van der Waals surface area (Å²) in [6.07, 6.45) is -2.29. The molecule has 0 fully saturated rings. The molecule has 0 amide bonds. The predicted octanol–water partition coefficient (Wildman–Crippen LogP) is -13.4. The van der Waals surface area contributed by atoms with Crippen molar-refractivity contribution in [1.82, 2.24) is 0 Å². The zero-order valence-electron chi connectivity index (χ0n) is 17.3. The van der Waals surface area contributed by atoms with E-state index in [0.717, 1.165) is 0 Å². The van der Waals surface area contributed by atoms with Crippen LogP contribution in [-0.4, -0.2) is 61.5 Å². The van der Waals surface area contributed by atoms with E-state index in [1.807, 2.05) is 0 Å². The Bertz CT molecular complexity index is 434. The summed E-state index contributed by atoms with van der Waals surface area (Å²) in [6.45, 7) is 0. The number of aliphatic carboxylic acids is 3. The summed E-state index contributed by atoms with van der Waals surface area (Å²) in [5.74, 6) is -5.02. The Balaban J connectivity index is -0.0000000185. The summed E-state index contributed by atoms with van der Waals surface area (Å²) in [5.41, 5.74) is -2.74. The zero-order valence-corrected chi connectivity index (χ0v) is 25.0. The average Bonchev–Trinajstić information content (AvgIpc) is 1.95. The van der Waals surface area contributed by atoms with E-state index < -0.39 is 46.7 Å². The quantitative estimate of drug-likeness (QED) is 0.171. The van der Waals surface area contributed by atoms with Crippen molar-refractivity contribution in [3.63, 3.8) is 0 Å². The Morgan fingerprint density at radius 3 is 1.09 bits per heavy atom. The van der Waals surface area contributed by atoms with Gasteiger partial charge in [-0.3, -0.25) is 18.7 Å². The second-order valence-electron chi connectivity index (χ2n) is 2.93. The van der Waals surface area contributed by atoms with E-state index in [-0.39, 0.29) is 143 Å². The second-order valence-corrected chi connectivity index (χ2v) is 3.82. The van der Waals surface area contributed by atoms with Crippen LogP contribution >= 0.6 is 0 Å². The molecule has 0 saturated heterocycles. The molecule has 0 rings (SSSR count). The topological polar surface area (TPSA) is 207 Å². The summed E-state index contributed by atoms with van der Waals surface area (Å²) in [7, 11) is -4.67. The van der Waals surface area contributed by atoms with Crippen molar-refractivity contribution in [2.75, 3.05) is 0 Å². The second kappa shape index (κ2) is 21.2. The number of hydrogen-bond acceptors (Lipinski definition) is 6. The molecule has 6 N–H and O–H groups in total. The van der Waals surface area contributed by atoms with Gasteiger partial charge in [0.05, 0.1) is 12.8 Å². The van der Waals surface area contributed by atoms with Crippen LogP contribution in [0.15, 0.2) is 0 Å². The Labute approximate surface area is 238 Å². The van der Waals surface area contributed by atoms with Gasteiger partial charge in [0.1, 0.15) is 0 Å². The molecule has 0 aliphatic heterocycles. The van der Waals surface area contributed by atoms with Crippen molar-refractivity contribution < 1.29 is 196 Å². The summed E-state index contributed by atoms with van der Waals surface area (Å²) in [4.78, 5) is 30.5. The van der Waals surface area contributed by atoms with E-state index in [2.05, 4.69) is 0 Å². The first-order chi connectivity index (χ1) is 7.78.